The number of nitrogens with zero attached hydrogens (tertiary/aromatic N) is 2. The fraction of sp³-hybridized carbons (Fsp3) is 0.550. The van der Waals surface area contributed by atoms with Crippen molar-refractivity contribution in [1.82, 2.24) is 15.1 Å². The SMILES string of the molecule is CC(=O)OCC(=O)OCC(=O)OCC(=O)O.CCN(C(=O)CN)[C@H]1C[C@H](C)S(=O)(=O)c2sc(S(N)(=O)=O)cc21.CCN(C(=O)CNC(=O)COC(=O)COC(=O)COC(C)=O)[C@H]1C[C@H](C)S(=O)(=O)c2sc(S(N)(=O)=O)cc21. The van der Waals surface area contributed by atoms with Crippen LogP contribution in [0.3, 0.4) is 0 Å². The van der Waals surface area contributed by atoms with Crippen molar-refractivity contribution < 1.29 is 115 Å². The van der Waals surface area contributed by atoms with Crippen LogP contribution in [0, 0.1) is 0 Å². The Morgan fingerprint density at radius 3 is 1.27 bits per heavy atom. The molecule has 0 aromatic carbocycles. The van der Waals surface area contributed by atoms with Gasteiger partial charge in [0.1, 0.15) is 16.8 Å². The molecule has 0 fully saturated rings. The first-order chi connectivity index (χ1) is 35.5. The molecule has 8 N–H and O–H groups in total. The highest BCUT2D eigenvalue weighted by Gasteiger charge is 2.44. The van der Waals surface area contributed by atoms with E-state index in [0.29, 0.717) is 34.8 Å². The van der Waals surface area contributed by atoms with Crippen LogP contribution in [0.4, 0.5) is 0 Å². The van der Waals surface area contributed by atoms with Crippen molar-refractivity contribution in [2.45, 2.75) is 93.8 Å². The molecule has 4 heterocycles. The maximum atomic E-state index is 12.9. The maximum absolute atomic E-state index is 12.9. The molecule has 2 aromatic heterocycles. The average Bonchev–Trinajstić information content (AvgIpc) is 4.02. The van der Waals surface area contributed by atoms with Gasteiger partial charge in [-0.15, -0.1) is 22.7 Å². The molecule has 4 atom stereocenters. The number of esters is 6. The predicted molar refractivity (Wildman–Crippen MR) is 261 cm³/mol. The van der Waals surface area contributed by atoms with Crippen molar-refractivity contribution in [3.63, 3.8) is 0 Å². The topological polar surface area (TPSA) is 479 Å². The van der Waals surface area contributed by atoms with Crippen LogP contribution in [-0.4, -0.2) is 184 Å². The minimum Gasteiger partial charge on any atom is -0.479 e. The molecule has 77 heavy (non-hydrogen) atoms. The number of carbonyl (C=O) groups is 10. The summed E-state index contributed by atoms with van der Waals surface area (Å²) >= 11 is 1.16. The Morgan fingerprint density at radius 1 is 0.610 bits per heavy atom. The van der Waals surface area contributed by atoms with E-state index in [2.05, 4.69) is 33.7 Å². The summed E-state index contributed by atoms with van der Waals surface area (Å²) in [5.41, 5.74) is 5.86. The van der Waals surface area contributed by atoms with Gasteiger partial charge in [0, 0.05) is 38.1 Å². The van der Waals surface area contributed by atoms with E-state index in [-0.39, 0.29) is 54.2 Å². The van der Waals surface area contributed by atoms with E-state index >= 15 is 0 Å². The molecule has 4 rings (SSSR count). The van der Waals surface area contributed by atoms with Crippen LogP contribution in [0.5, 0.6) is 0 Å². The highest BCUT2D eigenvalue weighted by molar-refractivity contribution is 7.96. The van der Waals surface area contributed by atoms with E-state index in [1.807, 2.05) is 0 Å². The lowest BCUT2D eigenvalue weighted by Crippen LogP contribution is -2.45. The van der Waals surface area contributed by atoms with E-state index in [1.165, 1.54) is 22.8 Å². The molecular formula is C40H56N6O25S6. The van der Waals surface area contributed by atoms with Crippen molar-refractivity contribution in [2.75, 3.05) is 65.8 Å². The molecule has 31 nitrogen and oxygen atoms in total. The fourth-order valence-corrected chi connectivity index (χ4v) is 15.4. The zero-order chi connectivity index (χ0) is 59.0. The monoisotopic (exact) mass is 1210 g/mol. The van der Waals surface area contributed by atoms with Crippen LogP contribution in [0.2, 0.25) is 0 Å². The third-order valence-electron chi connectivity index (χ3n) is 10.3. The number of aliphatic carboxylic acids is 1. The first kappa shape index (κ1) is 66.9. The summed E-state index contributed by atoms with van der Waals surface area (Å²) in [5.74, 6) is -8.46. The molecule has 2 aliphatic heterocycles. The Morgan fingerprint density at radius 2 is 0.948 bits per heavy atom. The van der Waals surface area contributed by atoms with Gasteiger partial charge in [-0.05, 0) is 52.7 Å². The molecule has 0 radical (unpaired) electrons. The second-order valence-corrected chi connectivity index (χ2v) is 26.7. The number of sulfone groups is 2. The summed E-state index contributed by atoms with van der Waals surface area (Å²) < 4.78 is 123. The Balaban J connectivity index is 0.000000439. The lowest BCUT2D eigenvalue weighted by molar-refractivity contribution is -0.166. The number of fused-ring (bicyclic) bond motifs is 2. The van der Waals surface area contributed by atoms with Gasteiger partial charge in [0.15, 0.2) is 59.3 Å². The molecule has 37 heteroatoms. The number of rotatable bonds is 21. The van der Waals surface area contributed by atoms with E-state index < -0.39 is 162 Å². The van der Waals surface area contributed by atoms with Gasteiger partial charge >= 0.3 is 41.8 Å². The van der Waals surface area contributed by atoms with Crippen LogP contribution in [0.25, 0.3) is 0 Å². The summed E-state index contributed by atoms with van der Waals surface area (Å²) in [6.45, 7) is 3.83. The van der Waals surface area contributed by atoms with E-state index in [9.17, 15) is 81.6 Å². The minimum atomic E-state index is -4.19. The zero-order valence-corrected chi connectivity index (χ0v) is 46.7. The summed E-state index contributed by atoms with van der Waals surface area (Å²) in [6.07, 6.45) is 0.188. The fourth-order valence-electron chi connectivity index (χ4n) is 6.65. The van der Waals surface area contributed by atoms with Crippen LogP contribution in [-0.2, 0) is 116 Å². The molecule has 0 aliphatic carbocycles. The van der Waals surface area contributed by atoms with Crippen LogP contribution >= 0.6 is 22.7 Å². The molecule has 2 aromatic rings. The number of hydrogen-bond donors (Lipinski definition) is 5. The largest absolute Gasteiger partial charge is 0.479 e. The van der Waals surface area contributed by atoms with E-state index in [4.69, 9.17) is 21.1 Å². The summed E-state index contributed by atoms with van der Waals surface area (Å²) in [5, 5.41) is 19.1. The number of primary sulfonamides is 2. The number of nitrogens with two attached hydrogens (primary N) is 3. The van der Waals surface area contributed by atoms with Crippen molar-refractivity contribution in [2.24, 2.45) is 16.0 Å². The lowest BCUT2D eigenvalue weighted by atomic mass is 10.0. The molecule has 0 unspecified atom stereocenters. The highest BCUT2D eigenvalue weighted by Crippen LogP contribution is 2.46. The van der Waals surface area contributed by atoms with E-state index in [0.717, 1.165) is 19.9 Å². The third-order valence-corrected chi connectivity index (χ3v) is 20.9. The zero-order valence-electron chi connectivity index (χ0n) is 41.8. The van der Waals surface area contributed by atoms with Gasteiger partial charge in [-0.2, -0.15) is 0 Å². The number of amides is 3. The molecule has 0 saturated heterocycles. The molecule has 2 aliphatic rings. The first-order valence-electron chi connectivity index (χ1n) is 22.0. The van der Waals surface area contributed by atoms with Gasteiger partial charge in [-0.25, -0.2) is 67.9 Å². The molecule has 0 bridgehead atoms. The second-order valence-electron chi connectivity index (χ2n) is 15.9. The second kappa shape index (κ2) is 29.0. The number of hydrogen-bond acceptors (Lipinski definition) is 27. The number of carbonyl (C=O) groups excluding carboxylic acids is 9. The summed E-state index contributed by atoms with van der Waals surface area (Å²) in [6, 6.07) is 1.09. The molecule has 3 amide bonds. The molecular weight excluding hydrogens is 1160 g/mol. The lowest BCUT2D eigenvalue weighted by Gasteiger charge is -2.36. The van der Waals surface area contributed by atoms with Gasteiger partial charge in [-0.3, -0.25) is 24.0 Å². The van der Waals surface area contributed by atoms with Crippen molar-refractivity contribution >= 4 is 122 Å². The van der Waals surface area contributed by atoms with Gasteiger partial charge in [0.2, 0.25) is 31.9 Å². The van der Waals surface area contributed by atoms with Crippen LogP contribution in [0.15, 0.2) is 29.0 Å². The summed E-state index contributed by atoms with van der Waals surface area (Å²) in [4.78, 5) is 115. The average molecular weight is 1210 g/mol. The number of thiophene rings is 2. The van der Waals surface area contributed by atoms with Crippen molar-refractivity contribution in [3.05, 3.63) is 23.3 Å². The van der Waals surface area contributed by atoms with Gasteiger partial charge in [0.05, 0.1) is 35.7 Å². The van der Waals surface area contributed by atoms with Crippen molar-refractivity contribution in [1.29, 1.82) is 0 Å². The molecule has 0 spiro atoms. The van der Waals surface area contributed by atoms with Crippen LogP contribution in [0.1, 0.15) is 77.6 Å². The predicted octanol–water partition coefficient (Wildman–Crippen LogP) is -2.85. The summed E-state index contributed by atoms with van der Waals surface area (Å²) in [7, 11) is -15.7. The standard InChI is InChI=1S/C20H27N3O12S3.C12H19N3O5S3.C8H10O8/c1-4-23(14-5-11(2)37(29,30)20-13(14)6-19(36-20)38(21,31)32)16(26)7-22-15(25)8-34-18(28)10-35-17(27)9-33-12(3)24;1-3-15(10(16)6-13)9-4-7(2)22(17,18)12-8(9)5-11(21-12)23(14,19)20;1-5(9)14-3-7(12)16-4-8(13)15-2-6(10)11/h6,11,14H,4-5,7-10H2,1-3H3,(H,22,25)(H2,21,31,32);5,7,9H,3-4,6,13H2,1-2H3,(H2,14,19,20);2-4H2,1H3,(H,10,11)/t11-,14-;7-,9-;/m00./s1. The number of carboxylic acids is 1. The number of nitrogens with one attached hydrogen (secondary N) is 1. The Kier molecular flexibility index (Phi) is 25.2. The highest BCUT2D eigenvalue weighted by atomic mass is 32.3. The van der Waals surface area contributed by atoms with Crippen LogP contribution < -0.4 is 21.3 Å². The minimum absolute atomic E-state index is 0.00254. The number of sulfonamides is 2. The number of ether oxygens (including phenoxy) is 6. The normalized spacial score (nSPS) is 17.7. The van der Waals surface area contributed by atoms with Crippen molar-refractivity contribution in [3.8, 4) is 0 Å². The first-order valence-corrected chi connectivity index (χ1v) is 29.8. The van der Waals surface area contributed by atoms with Gasteiger partial charge < -0.3 is 54.4 Å². The Bertz CT molecular complexity index is 3000. The molecule has 0 saturated carbocycles. The molecule has 432 valence electrons. The van der Waals surface area contributed by atoms with Gasteiger partial charge in [0.25, 0.3) is 5.91 Å². The third kappa shape index (κ3) is 19.9. The number of likely N-dealkylation sites (N-methyl/N-ethyl adjacent to an activating group) is 2. The quantitative estimate of drug-likeness (QED) is 0.0620. The number of carboxylic acid groups (broad SMARTS) is 1. The smallest absolute Gasteiger partial charge is 0.344 e. The Labute approximate surface area is 448 Å². The Hall–Kier alpha value is -6.22. The van der Waals surface area contributed by atoms with E-state index in [1.54, 1.807) is 20.8 Å². The maximum Gasteiger partial charge on any atom is 0.344 e. The van der Waals surface area contributed by atoms with Gasteiger partial charge in [-0.1, -0.05) is 0 Å².